The molecule has 0 bridgehead atoms. The van der Waals surface area contributed by atoms with Gasteiger partial charge in [-0.3, -0.25) is 0 Å². The van der Waals surface area contributed by atoms with Gasteiger partial charge in [-0.05, 0) is 40.5 Å². The molecule has 100 valence electrons. The molecule has 1 aromatic rings. The number of sulfone groups is 1. The molecule has 1 heterocycles. The predicted molar refractivity (Wildman–Crippen MR) is 77.7 cm³/mol. The molecule has 6 heteroatoms. The zero-order chi connectivity index (χ0) is 13.3. The van der Waals surface area contributed by atoms with Crippen LogP contribution < -0.4 is 10.6 Å². The monoisotopic (exact) mass is 332 g/mol. The van der Waals surface area contributed by atoms with Crippen LogP contribution in [0.5, 0.6) is 0 Å². The van der Waals surface area contributed by atoms with Gasteiger partial charge in [-0.2, -0.15) is 0 Å². The second-order valence-corrected chi connectivity index (χ2v) is 7.74. The molecule has 1 aromatic carbocycles. The van der Waals surface area contributed by atoms with Crippen molar-refractivity contribution in [3.63, 3.8) is 0 Å². The highest BCUT2D eigenvalue weighted by Gasteiger charge is 2.31. The topological polar surface area (TPSA) is 63.4 Å². The summed E-state index contributed by atoms with van der Waals surface area (Å²) in [4.78, 5) is 2.09. The molecule has 18 heavy (non-hydrogen) atoms. The van der Waals surface area contributed by atoms with Crippen LogP contribution in [-0.2, 0) is 9.84 Å². The molecule has 0 aliphatic carbocycles. The number of rotatable bonds is 2. The van der Waals surface area contributed by atoms with Gasteiger partial charge in [-0.15, -0.1) is 0 Å². The van der Waals surface area contributed by atoms with E-state index >= 15 is 0 Å². The molecule has 0 aromatic heterocycles. The van der Waals surface area contributed by atoms with E-state index in [1.54, 1.807) is 0 Å². The Morgan fingerprint density at radius 1 is 1.50 bits per heavy atom. The summed E-state index contributed by atoms with van der Waals surface area (Å²) in [6.45, 7) is 2.88. The number of aryl methyl sites for hydroxylation is 1. The van der Waals surface area contributed by atoms with Crippen molar-refractivity contribution < 1.29 is 8.42 Å². The van der Waals surface area contributed by atoms with Gasteiger partial charge in [0.25, 0.3) is 0 Å². The van der Waals surface area contributed by atoms with E-state index in [1.807, 2.05) is 25.1 Å². The molecule has 0 amide bonds. The van der Waals surface area contributed by atoms with Crippen LogP contribution in [0, 0.1) is 6.92 Å². The maximum atomic E-state index is 11.6. The summed E-state index contributed by atoms with van der Waals surface area (Å²) in [6.07, 6.45) is 0. The van der Waals surface area contributed by atoms with E-state index in [4.69, 9.17) is 5.73 Å². The summed E-state index contributed by atoms with van der Waals surface area (Å²) in [5.41, 5.74) is 7.90. The van der Waals surface area contributed by atoms with E-state index in [9.17, 15) is 8.42 Å². The lowest BCUT2D eigenvalue weighted by molar-refractivity contribution is 0.559. The highest BCUT2D eigenvalue weighted by atomic mass is 79.9. The molecule has 1 aliphatic rings. The molecule has 1 aliphatic heterocycles. The van der Waals surface area contributed by atoms with Crippen LogP contribution in [0.1, 0.15) is 5.56 Å². The number of nitrogens with zero attached hydrogens (tertiary/aromatic N) is 1. The average molecular weight is 333 g/mol. The second-order valence-electron chi connectivity index (χ2n) is 4.65. The Morgan fingerprint density at radius 3 is 2.83 bits per heavy atom. The molecule has 1 saturated heterocycles. The first-order valence-corrected chi connectivity index (χ1v) is 8.47. The van der Waals surface area contributed by atoms with Crippen LogP contribution >= 0.6 is 15.9 Å². The Kier molecular flexibility index (Phi) is 3.99. The number of halogens is 1. The van der Waals surface area contributed by atoms with Crippen molar-refractivity contribution in [1.82, 2.24) is 0 Å². The van der Waals surface area contributed by atoms with Crippen LogP contribution in [0.4, 0.5) is 5.69 Å². The average Bonchev–Trinajstić information content (AvgIpc) is 2.29. The highest BCUT2D eigenvalue weighted by Crippen LogP contribution is 2.30. The van der Waals surface area contributed by atoms with Gasteiger partial charge in [0.05, 0.1) is 23.2 Å². The van der Waals surface area contributed by atoms with E-state index in [0.717, 1.165) is 10.2 Å². The minimum atomic E-state index is -2.94. The van der Waals surface area contributed by atoms with Gasteiger partial charge in [-0.1, -0.05) is 6.07 Å². The van der Waals surface area contributed by atoms with Crippen molar-refractivity contribution >= 4 is 31.5 Å². The third kappa shape index (κ3) is 2.87. The van der Waals surface area contributed by atoms with Gasteiger partial charge in [-0.25, -0.2) is 8.42 Å². The summed E-state index contributed by atoms with van der Waals surface area (Å²) in [5.74, 6) is 0.341. The molecular formula is C12H17BrN2O2S. The van der Waals surface area contributed by atoms with Crippen LogP contribution in [0.25, 0.3) is 0 Å². The van der Waals surface area contributed by atoms with Crippen molar-refractivity contribution in [1.29, 1.82) is 0 Å². The van der Waals surface area contributed by atoms with Crippen molar-refractivity contribution in [2.75, 3.05) is 29.5 Å². The molecule has 2 rings (SSSR count). The van der Waals surface area contributed by atoms with Crippen LogP contribution in [0.15, 0.2) is 22.7 Å². The van der Waals surface area contributed by atoms with Crippen molar-refractivity contribution in [2.24, 2.45) is 5.73 Å². The fourth-order valence-corrected chi connectivity index (χ4v) is 4.51. The van der Waals surface area contributed by atoms with Gasteiger partial charge in [0.1, 0.15) is 0 Å². The lowest BCUT2D eigenvalue weighted by Gasteiger charge is -2.37. The van der Waals surface area contributed by atoms with E-state index in [0.29, 0.717) is 13.1 Å². The maximum absolute atomic E-state index is 11.6. The first kappa shape index (κ1) is 13.8. The summed E-state index contributed by atoms with van der Waals surface area (Å²) in [6, 6.07) is 5.94. The summed E-state index contributed by atoms with van der Waals surface area (Å²) < 4.78 is 24.3. The Balaban J connectivity index is 2.32. The smallest absolute Gasteiger partial charge is 0.154 e. The van der Waals surface area contributed by atoms with Gasteiger partial charge in [0.15, 0.2) is 9.84 Å². The van der Waals surface area contributed by atoms with E-state index in [-0.39, 0.29) is 17.5 Å². The fraction of sp³-hybridized carbons (Fsp3) is 0.500. The molecule has 1 atom stereocenters. The first-order chi connectivity index (χ1) is 8.43. The van der Waals surface area contributed by atoms with E-state index < -0.39 is 9.84 Å². The number of nitrogens with two attached hydrogens (primary N) is 1. The quantitative estimate of drug-likeness (QED) is 0.887. The Morgan fingerprint density at radius 2 is 2.22 bits per heavy atom. The zero-order valence-corrected chi connectivity index (χ0v) is 12.7. The minimum absolute atomic E-state index is 0.136. The summed E-state index contributed by atoms with van der Waals surface area (Å²) >= 11 is 3.54. The Bertz CT molecular complexity index is 545. The predicted octanol–water partition coefficient (Wildman–Crippen LogP) is 1.32. The molecule has 1 fully saturated rings. The third-order valence-corrected chi connectivity index (χ3v) is 5.55. The van der Waals surface area contributed by atoms with E-state index in [1.165, 1.54) is 5.56 Å². The van der Waals surface area contributed by atoms with Gasteiger partial charge < -0.3 is 10.6 Å². The molecule has 0 spiro atoms. The number of hydrogen-bond acceptors (Lipinski definition) is 4. The lowest BCUT2D eigenvalue weighted by atomic mass is 10.2. The molecule has 0 saturated carbocycles. The normalized spacial score (nSPS) is 23.1. The summed E-state index contributed by atoms with van der Waals surface area (Å²) in [7, 11) is -2.94. The molecule has 0 radical (unpaired) electrons. The van der Waals surface area contributed by atoms with E-state index in [2.05, 4.69) is 20.8 Å². The molecule has 1 unspecified atom stereocenters. The van der Waals surface area contributed by atoms with Crippen LogP contribution in [0.2, 0.25) is 0 Å². The maximum Gasteiger partial charge on any atom is 0.154 e. The number of hydrogen-bond donors (Lipinski definition) is 1. The number of benzene rings is 1. The third-order valence-electron chi connectivity index (χ3n) is 3.21. The Labute approximate surface area is 116 Å². The molecular weight excluding hydrogens is 316 g/mol. The summed E-state index contributed by atoms with van der Waals surface area (Å²) in [5, 5.41) is 0. The fourth-order valence-electron chi connectivity index (χ4n) is 2.24. The van der Waals surface area contributed by atoms with Crippen molar-refractivity contribution in [3.8, 4) is 0 Å². The largest absolute Gasteiger partial charge is 0.364 e. The van der Waals surface area contributed by atoms with Crippen molar-refractivity contribution in [3.05, 3.63) is 28.2 Å². The second kappa shape index (κ2) is 5.19. The minimum Gasteiger partial charge on any atom is -0.364 e. The number of anilines is 1. The SMILES string of the molecule is Cc1ccc(N2CCS(=O)(=O)CC2CN)c(Br)c1. The lowest BCUT2D eigenvalue weighted by Crippen LogP contribution is -2.52. The molecule has 2 N–H and O–H groups in total. The highest BCUT2D eigenvalue weighted by molar-refractivity contribution is 9.10. The van der Waals surface area contributed by atoms with Crippen molar-refractivity contribution in [2.45, 2.75) is 13.0 Å². The first-order valence-electron chi connectivity index (χ1n) is 5.86. The van der Waals surface area contributed by atoms with Crippen LogP contribution in [-0.4, -0.2) is 39.1 Å². The van der Waals surface area contributed by atoms with Gasteiger partial charge >= 0.3 is 0 Å². The Hall–Kier alpha value is -0.590. The zero-order valence-electron chi connectivity index (χ0n) is 10.3. The molecule has 4 nitrogen and oxygen atoms in total. The van der Waals surface area contributed by atoms with Gasteiger partial charge in [0.2, 0.25) is 0 Å². The standard InChI is InChI=1S/C12H17BrN2O2S/c1-9-2-3-12(11(13)6-9)15-4-5-18(16,17)8-10(15)7-14/h2-3,6,10H,4-5,7-8,14H2,1H3. The van der Waals surface area contributed by atoms with Crippen LogP contribution in [0.3, 0.4) is 0 Å². The van der Waals surface area contributed by atoms with Gasteiger partial charge in [0, 0.05) is 17.6 Å².